The van der Waals surface area contributed by atoms with Crippen LogP contribution in [0.2, 0.25) is 0 Å². The van der Waals surface area contributed by atoms with Crippen LogP contribution in [0.4, 0.5) is 17.5 Å². The number of aromatic nitrogens is 4. The van der Waals surface area contributed by atoms with E-state index in [4.69, 9.17) is 4.52 Å². The van der Waals surface area contributed by atoms with Gasteiger partial charge in [0.15, 0.2) is 5.82 Å². The maximum Gasteiger partial charge on any atom is 0.332 e. The van der Waals surface area contributed by atoms with E-state index in [2.05, 4.69) is 30.7 Å². The van der Waals surface area contributed by atoms with E-state index in [9.17, 15) is 10.1 Å². The van der Waals surface area contributed by atoms with Gasteiger partial charge >= 0.3 is 5.69 Å². The lowest BCUT2D eigenvalue weighted by Crippen LogP contribution is -2.11. The molecule has 0 unspecified atom stereocenters. The highest BCUT2D eigenvalue weighted by molar-refractivity contribution is 5.60. The third-order valence-corrected chi connectivity index (χ3v) is 2.56. The fraction of sp³-hybridized carbons (Fsp3) is 0.455. The van der Waals surface area contributed by atoms with Crippen molar-refractivity contribution in [2.24, 2.45) is 0 Å². The molecule has 2 N–H and O–H groups in total. The van der Waals surface area contributed by atoms with Gasteiger partial charge in [0.05, 0.1) is 11.5 Å². The standard InChI is InChI=1S/C11H15N7O3/c1-4-12-11-14-6(2)9(18(19)20)10(16-11)13-5-8-15-7(3)21-17-8/h4-5H2,1-3H3,(H2,12,13,14,16). The van der Waals surface area contributed by atoms with Gasteiger partial charge in [0.2, 0.25) is 17.7 Å². The van der Waals surface area contributed by atoms with Crippen molar-refractivity contribution in [1.82, 2.24) is 20.1 Å². The predicted molar refractivity (Wildman–Crippen MR) is 73.9 cm³/mol. The number of aryl methyl sites for hydroxylation is 2. The summed E-state index contributed by atoms with van der Waals surface area (Å²) in [5.74, 6) is 1.26. The van der Waals surface area contributed by atoms with Crippen molar-refractivity contribution < 1.29 is 9.45 Å². The predicted octanol–water partition coefficient (Wildman–Crippen LogP) is 1.43. The molecule has 0 aliphatic rings. The highest BCUT2D eigenvalue weighted by Gasteiger charge is 2.22. The monoisotopic (exact) mass is 293 g/mol. The number of rotatable bonds is 6. The average Bonchev–Trinajstić information content (AvgIpc) is 2.81. The SMILES string of the molecule is CCNc1nc(C)c([N+](=O)[O-])c(NCc2noc(C)n2)n1. The Morgan fingerprint density at radius 3 is 2.57 bits per heavy atom. The summed E-state index contributed by atoms with van der Waals surface area (Å²) in [5, 5.41) is 20.6. The first kappa shape index (κ1) is 14.6. The molecule has 0 aromatic carbocycles. The Morgan fingerprint density at radius 1 is 1.24 bits per heavy atom. The second-order valence-electron chi connectivity index (χ2n) is 4.20. The molecular formula is C11H15N7O3. The molecule has 2 aromatic rings. The molecule has 0 aliphatic carbocycles. The second kappa shape index (κ2) is 6.11. The fourth-order valence-corrected chi connectivity index (χ4v) is 1.72. The van der Waals surface area contributed by atoms with Crippen LogP contribution in [0.1, 0.15) is 24.3 Å². The number of anilines is 2. The number of nitro groups is 1. The Bertz CT molecular complexity index is 655. The van der Waals surface area contributed by atoms with Crippen LogP contribution in [-0.2, 0) is 6.54 Å². The summed E-state index contributed by atoms with van der Waals surface area (Å²) in [6.07, 6.45) is 0. The Hall–Kier alpha value is -2.78. The van der Waals surface area contributed by atoms with E-state index in [-0.39, 0.29) is 23.7 Å². The molecule has 0 aliphatic heterocycles. The molecule has 10 heteroatoms. The third-order valence-electron chi connectivity index (χ3n) is 2.56. The topological polar surface area (TPSA) is 132 Å². The van der Waals surface area contributed by atoms with Crippen molar-refractivity contribution in [3.63, 3.8) is 0 Å². The highest BCUT2D eigenvalue weighted by Crippen LogP contribution is 2.26. The lowest BCUT2D eigenvalue weighted by Gasteiger charge is -2.08. The van der Waals surface area contributed by atoms with Crippen molar-refractivity contribution in [3.05, 3.63) is 27.5 Å². The molecule has 0 saturated heterocycles. The van der Waals surface area contributed by atoms with Gasteiger partial charge in [-0.25, -0.2) is 4.98 Å². The van der Waals surface area contributed by atoms with E-state index in [0.29, 0.717) is 24.2 Å². The first-order valence-corrected chi connectivity index (χ1v) is 6.31. The quantitative estimate of drug-likeness (QED) is 0.599. The number of nitrogens with one attached hydrogen (secondary N) is 2. The lowest BCUT2D eigenvalue weighted by molar-refractivity contribution is -0.385. The van der Waals surface area contributed by atoms with E-state index in [1.54, 1.807) is 13.8 Å². The van der Waals surface area contributed by atoms with Crippen LogP contribution in [0.3, 0.4) is 0 Å². The Balaban J connectivity index is 2.28. The van der Waals surface area contributed by atoms with Crippen molar-refractivity contribution in [2.75, 3.05) is 17.2 Å². The third kappa shape index (κ3) is 3.41. The van der Waals surface area contributed by atoms with Crippen molar-refractivity contribution in [2.45, 2.75) is 27.3 Å². The minimum Gasteiger partial charge on any atom is -0.357 e. The lowest BCUT2D eigenvalue weighted by atomic mass is 10.3. The summed E-state index contributed by atoms with van der Waals surface area (Å²) >= 11 is 0. The zero-order valence-electron chi connectivity index (χ0n) is 11.9. The van der Waals surface area contributed by atoms with Crippen LogP contribution in [0.5, 0.6) is 0 Å². The Labute approximate surface area is 120 Å². The Kier molecular flexibility index (Phi) is 4.26. The smallest absolute Gasteiger partial charge is 0.332 e. The van der Waals surface area contributed by atoms with E-state index in [1.165, 1.54) is 0 Å². The summed E-state index contributed by atoms with van der Waals surface area (Å²) in [6.45, 7) is 5.89. The highest BCUT2D eigenvalue weighted by atomic mass is 16.6. The van der Waals surface area contributed by atoms with E-state index >= 15 is 0 Å². The molecule has 2 aromatic heterocycles. The van der Waals surface area contributed by atoms with Crippen LogP contribution >= 0.6 is 0 Å². The van der Waals surface area contributed by atoms with Gasteiger partial charge in [-0.2, -0.15) is 9.97 Å². The van der Waals surface area contributed by atoms with Crippen LogP contribution in [0.15, 0.2) is 4.52 Å². The molecule has 0 fully saturated rings. The zero-order chi connectivity index (χ0) is 15.4. The average molecular weight is 293 g/mol. The molecule has 10 nitrogen and oxygen atoms in total. The first-order valence-electron chi connectivity index (χ1n) is 6.31. The normalized spacial score (nSPS) is 10.4. The molecule has 0 bridgehead atoms. The van der Waals surface area contributed by atoms with Crippen LogP contribution in [0, 0.1) is 24.0 Å². The maximum atomic E-state index is 11.1. The second-order valence-corrected chi connectivity index (χ2v) is 4.20. The van der Waals surface area contributed by atoms with Gasteiger partial charge in [-0.1, -0.05) is 5.16 Å². The van der Waals surface area contributed by atoms with Gasteiger partial charge in [-0.15, -0.1) is 0 Å². The molecule has 0 saturated carbocycles. The minimum atomic E-state index is -0.519. The summed E-state index contributed by atoms with van der Waals surface area (Å²) < 4.78 is 4.84. The molecule has 0 spiro atoms. The molecule has 2 rings (SSSR count). The number of nitrogens with zero attached hydrogens (tertiary/aromatic N) is 5. The fourth-order valence-electron chi connectivity index (χ4n) is 1.72. The summed E-state index contributed by atoms with van der Waals surface area (Å²) in [5.41, 5.74) is 0.106. The van der Waals surface area contributed by atoms with Crippen LogP contribution < -0.4 is 10.6 Å². The molecule has 0 amide bonds. The van der Waals surface area contributed by atoms with Crippen molar-refractivity contribution >= 4 is 17.5 Å². The van der Waals surface area contributed by atoms with Gasteiger partial charge in [-0.3, -0.25) is 10.1 Å². The van der Waals surface area contributed by atoms with Gasteiger partial charge < -0.3 is 15.2 Å². The minimum absolute atomic E-state index is 0.117. The molecular weight excluding hydrogens is 278 g/mol. The largest absolute Gasteiger partial charge is 0.357 e. The van der Waals surface area contributed by atoms with Gasteiger partial charge in [0, 0.05) is 13.5 Å². The maximum absolute atomic E-state index is 11.1. The van der Waals surface area contributed by atoms with Gasteiger partial charge in [0.25, 0.3) is 0 Å². The number of hydrogen-bond acceptors (Lipinski definition) is 9. The van der Waals surface area contributed by atoms with E-state index < -0.39 is 4.92 Å². The summed E-state index contributed by atoms with van der Waals surface area (Å²) in [6, 6.07) is 0. The first-order chi connectivity index (χ1) is 10.0. The summed E-state index contributed by atoms with van der Waals surface area (Å²) in [4.78, 5) is 22.8. The molecule has 21 heavy (non-hydrogen) atoms. The molecule has 0 atom stereocenters. The summed E-state index contributed by atoms with van der Waals surface area (Å²) in [7, 11) is 0. The van der Waals surface area contributed by atoms with Gasteiger partial charge in [0.1, 0.15) is 5.69 Å². The zero-order valence-corrected chi connectivity index (χ0v) is 11.9. The van der Waals surface area contributed by atoms with E-state index in [1.807, 2.05) is 6.92 Å². The van der Waals surface area contributed by atoms with Crippen molar-refractivity contribution in [3.8, 4) is 0 Å². The molecule has 2 heterocycles. The molecule has 112 valence electrons. The van der Waals surface area contributed by atoms with Crippen LogP contribution in [0.25, 0.3) is 0 Å². The van der Waals surface area contributed by atoms with Gasteiger partial charge in [-0.05, 0) is 13.8 Å². The van der Waals surface area contributed by atoms with E-state index in [0.717, 1.165) is 0 Å². The Morgan fingerprint density at radius 2 is 2.00 bits per heavy atom. The number of hydrogen-bond donors (Lipinski definition) is 2. The van der Waals surface area contributed by atoms with Crippen LogP contribution in [-0.4, -0.2) is 31.6 Å². The van der Waals surface area contributed by atoms with Crippen molar-refractivity contribution in [1.29, 1.82) is 0 Å². The molecule has 0 radical (unpaired) electrons.